The summed E-state index contributed by atoms with van der Waals surface area (Å²) in [5.74, 6) is -0.186. The van der Waals surface area contributed by atoms with Crippen molar-refractivity contribution in [3.8, 4) is 0 Å². The third-order valence-electron chi connectivity index (χ3n) is 5.25. The number of nitrogens with one attached hydrogen (secondary N) is 3. The first-order valence-electron chi connectivity index (χ1n) is 9.43. The van der Waals surface area contributed by atoms with E-state index in [0.29, 0.717) is 36.5 Å². The molecule has 11 heteroatoms. The predicted octanol–water partition coefficient (Wildman–Crippen LogP) is 0.802. The van der Waals surface area contributed by atoms with Gasteiger partial charge in [-0.25, -0.2) is 0 Å². The van der Waals surface area contributed by atoms with E-state index in [1.807, 2.05) is 0 Å². The third-order valence-corrected chi connectivity index (χ3v) is 6.04. The van der Waals surface area contributed by atoms with Gasteiger partial charge in [-0.2, -0.15) is 0 Å². The van der Waals surface area contributed by atoms with Crippen molar-refractivity contribution in [2.24, 2.45) is 0 Å². The molecular formula is C18H21Cl2N5O4. The molecule has 1 aromatic carbocycles. The molecule has 0 aliphatic carbocycles. The van der Waals surface area contributed by atoms with E-state index in [1.54, 1.807) is 0 Å². The molecule has 1 unspecified atom stereocenters. The molecule has 2 aliphatic rings. The van der Waals surface area contributed by atoms with Crippen LogP contribution < -0.4 is 21.8 Å². The van der Waals surface area contributed by atoms with E-state index < -0.39 is 17.2 Å². The van der Waals surface area contributed by atoms with E-state index in [1.165, 1.54) is 10.6 Å². The fourth-order valence-electron chi connectivity index (χ4n) is 3.80. The monoisotopic (exact) mass is 441 g/mol. The number of hydrogen-bond donors (Lipinski definition) is 3. The number of benzene rings is 1. The molecule has 1 fully saturated rings. The van der Waals surface area contributed by atoms with Gasteiger partial charge < -0.3 is 20.4 Å². The van der Waals surface area contributed by atoms with Gasteiger partial charge in [-0.3, -0.25) is 23.9 Å². The molecule has 2 aromatic rings. The van der Waals surface area contributed by atoms with Crippen molar-refractivity contribution in [1.82, 2.24) is 19.8 Å². The summed E-state index contributed by atoms with van der Waals surface area (Å²) >= 11 is 12.4. The van der Waals surface area contributed by atoms with E-state index in [0.717, 1.165) is 19.6 Å². The number of nitrogens with zero attached hydrogens (tertiary/aromatic N) is 2. The number of hydrogen-bond acceptors (Lipinski definition) is 6. The van der Waals surface area contributed by atoms with Crippen LogP contribution in [0.1, 0.15) is 12.5 Å². The van der Waals surface area contributed by atoms with Crippen molar-refractivity contribution >= 4 is 45.8 Å². The number of carbonyl (C=O) groups excluding carboxylic acids is 1. The van der Waals surface area contributed by atoms with Gasteiger partial charge in [0.15, 0.2) is 0 Å². The Morgan fingerprint density at radius 1 is 1.28 bits per heavy atom. The second-order valence-electron chi connectivity index (χ2n) is 7.12. The molecule has 3 N–H and O–H groups in total. The quantitative estimate of drug-likeness (QED) is 0.592. The van der Waals surface area contributed by atoms with Crippen LogP contribution >= 0.6 is 23.2 Å². The largest absolute Gasteiger partial charge is 0.380 e. The molecule has 0 bridgehead atoms. The van der Waals surface area contributed by atoms with E-state index >= 15 is 0 Å². The van der Waals surface area contributed by atoms with Gasteiger partial charge in [0.05, 0.1) is 46.0 Å². The number of aromatic amines is 1. The highest BCUT2D eigenvalue weighted by atomic mass is 35.5. The SMILES string of the molecule is O=C(CC1CNc2c(Cl)c(Cl)cc3[nH]c(=O)c(=O)n1c23)NCCN1CCOCC1. The lowest BCUT2D eigenvalue weighted by Gasteiger charge is -2.29. The molecule has 0 radical (unpaired) electrons. The lowest BCUT2D eigenvalue weighted by molar-refractivity contribution is -0.121. The van der Waals surface area contributed by atoms with Gasteiger partial charge >= 0.3 is 11.1 Å². The van der Waals surface area contributed by atoms with E-state index in [-0.39, 0.29) is 28.9 Å². The summed E-state index contributed by atoms with van der Waals surface area (Å²) in [6.07, 6.45) is 0.0637. The molecule has 0 spiro atoms. The second-order valence-corrected chi connectivity index (χ2v) is 7.90. The Hall–Kier alpha value is -2.07. The van der Waals surface area contributed by atoms with E-state index in [9.17, 15) is 14.4 Å². The molecule has 0 saturated carbocycles. The van der Waals surface area contributed by atoms with Crippen LogP contribution in [0, 0.1) is 0 Å². The minimum Gasteiger partial charge on any atom is -0.380 e. The van der Waals surface area contributed by atoms with Gasteiger partial charge in [-0.05, 0) is 6.07 Å². The topological polar surface area (TPSA) is 108 Å². The zero-order valence-corrected chi connectivity index (χ0v) is 17.1. The number of anilines is 1. The number of aromatic nitrogens is 2. The Kier molecular flexibility index (Phi) is 5.82. The molecular weight excluding hydrogens is 421 g/mol. The van der Waals surface area contributed by atoms with Crippen LogP contribution in [0.15, 0.2) is 15.7 Å². The average Bonchev–Trinajstić information content (AvgIpc) is 2.71. The summed E-state index contributed by atoms with van der Waals surface area (Å²) in [5, 5.41) is 6.57. The summed E-state index contributed by atoms with van der Waals surface area (Å²) in [6.45, 7) is 4.64. The maximum Gasteiger partial charge on any atom is 0.317 e. The number of halogens is 2. The van der Waals surface area contributed by atoms with Crippen LogP contribution in [-0.2, 0) is 9.53 Å². The first-order valence-corrected chi connectivity index (χ1v) is 10.2. The van der Waals surface area contributed by atoms with Crippen LogP contribution in [0.2, 0.25) is 10.0 Å². The second kappa shape index (κ2) is 8.35. The molecule has 2 aliphatic heterocycles. The first kappa shape index (κ1) is 20.2. The van der Waals surface area contributed by atoms with E-state index in [2.05, 4.69) is 20.5 Å². The Morgan fingerprint density at radius 2 is 2.03 bits per heavy atom. The number of morpholine rings is 1. The zero-order valence-electron chi connectivity index (χ0n) is 15.6. The van der Waals surface area contributed by atoms with Gasteiger partial charge in [0.25, 0.3) is 0 Å². The summed E-state index contributed by atoms with van der Waals surface area (Å²) in [7, 11) is 0. The average molecular weight is 442 g/mol. The van der Waals surface area contributed by atoms with Crippen LogP contribution in [-0.4, -0.2) is 66.3 Å². The van der Waals surface area contributed by atoms with Crippen molar-refractivity contribution in [1.29, 1.82) is 0 Å². The summed E-state index contributed by atoms with van der Waals surface area (Å²) in [5.41, 5.74) is -0.164. The number of amides is 1. The Morgan fingerprint density at radius 3 is 2.79 bits per heavy atom. The zero-order chi connectivity index (χ0) is 20.5. The van der Waals surface area contributed by atoms with Crippen LogP contribution in [0.4, 0.5) is 5.69 Å². The van der Waals surface area contributed by atoms with Crippen LogP contribution in [0.5, 0.6) is 0 Å². The predicted molar refractivity (Wildman–Crippen MR) is 111 cm³/mol. The van der Waals surface area contributed by atoms with Gasteiger partial charge in [-0.1, -0.05) is 23.2 Å². The summed E-state index contributed by atoms with van der Waals surface area (Å²) in [6, 6.07) is 0.993. The van der Waals surface area contributed by atoms with Gasteiger partial charge in [-0.15, -0.1) is 0 Å². The van der Waals surface area contributed by atoms with Gasteiger partial charge in [0.1, 0.15) is 0 Å². The standard InChI is InChI=1S/C18H21Cl2N5O4/c19-11-8-12-16-15(14(11)20)22-9-10(25(16)18(28)17(27)23-12)7-13(26)21-1-2-24-3-5-29-6-4-24/h8,10,22H,1-7,9H2,(H,21,26)(H,23,27). The minimum absolute atomic E-state index is 0.0637. The van der Waals surface area contributed by atoms with E-state index in [4.69, 9.17) is 27.9 Å². The Bertz CT molecular complexity index is 1060. The van der Waals surface area contributed by atoms with Gasteiger partial charge in [0.2, 0.25) is 5.91 Å². The fraction of sp³-hybridized carbons (Fsp3) is 0.500. The molecule has 156 valence electrons. The molecule has 3 heterocycles. The molecule has 1 atom stereocenters. The maximum atomic E-state index is 12.6. The lowest BCUT2D eigenvalue weighted by atomic mass is 10.1. The first-order chi connectivity index (χ1) is 14.0. The van der Waals surface area contributed by atoms with Crippen LogP contribution in [0.3, 0.4) is 0 Å². The normalized spacial score (nSPS) is 19.2. The highest BCUT2D eigenvalue weighted by Gasteiger charge is 2.28. The van der Waals surface area contributed by atoms with Crippen molar-refractivity contribution < 1.29 is 9.53 Å². The van der Waals surface area contributed by atoms with Crippen molar-refractivity contribution in [2.45, 2.75) is 12.5 Å². The fourth-order valence-corrected chi connectivity index (χ4v) is 4.21. The smallest absolute Gasteiger partial charge is 0.317 e. The Balaban J connectivity index is 1.53. The summed E-state index contributed by atoms with van der Waals surface area (Å²) in [4.78, 5) is 41.9. The van der Waals surface area contributed by atoms with Crippen LogP contribution in [0.25, 0.3) is 11.0 Å². The number of ether oxygens (including phenoxy) is 1. The molecule has 4 rings (SSSR count). The highest BCUT2D eigenvalue weighted by Crippen LogP contribution is 2.39. The lowest BCUT2D eigenvalue weighted by Crippen LogP contribution is -2.44. The van der Waals surface area contributed by atoms with Crippen molar-refractivity contribution in [3.05, 3.63) is 36.8 Å². The Labute approximate surface area is 175 Å². The third kappa shape index (κ3) is 4.00. The number of rotatable bonds is 5. The van der Waals surface area contributed by atoms with Crippen molar-refractivity contribution in [3.63, 3.8) is 0 Å². The molecule has 1 amide bonds. The molecule has 9 nitrogen and oxygen atoms in total. The molecule has 1 aromatic heterocycles. The van der Waals surface area contributed by atoms with Gasteiger partial charge in [0, 0.05) is 39.1 Å². The highest BCUT2D eigenvalue weighted by molar-refractivity contribution is 6.45. The molecule has 29 heavy (non-hydrogen) atoms. The minimum atomic E-state index is -0.763. The molecule has 1 saturated heterocycles. The maximum absolute atomic E-state index is 12.6. The number of carbonyl (C=O) groups is 1. The van der Waals surface area contributed by atoms with Crippen molar-refractivity contribution in [2.75, 3.05) is 51.3 Å². The summed E-state index contributed by atoms with van der Waals surface area (Å²) < 4.78 is 6.66. The number of H-pyrrole nitrogens is 1.